The molecule has 2 fully saturated rings. The fourth-order valence-electron chi connectivity index (χ4n) is 4.36. The fourth-order valence-corrected chi connectivity index (χ4v) is 7.08. The number of sulfonamides is 1. The van der Waals surface area contributed by atoms with Gasteiger partial charge >= 0.3 is 6.18 Å². The molecule has 0 saturated carbocycles. The van der Waals surface area contributed by atoms with Crippen LogP contribution in [0.3, 0.4) is 0 Å². The van der Waals surface area contributed by atoms with Crippen LogP contribution in [0.5, 0.6) is 0 Å². The Morgan fingerprint density at radius 2 is 1.86 bits per heavy atom. The maximum Gasteiger partial charge on any atom is 0.421 e. The Balaban J connectivity index is 1.58. The molecule has 2 aromatic heterocycles. The zero-order valence-electron chi connectivity index (χ0n) is 19.1. The van der Waals surface area contributed by atoms with Crippen LogP contribution in [0.2, 0.25) is 0 Å². The number of nitrogens with two attached hydrogens (primary N) is 1. The number of rotatable bonds is 6. The first-order valence-corrected chi connectivity index (χ1v) is 13.5. The number of aliphatic hydroxyl groups is 1. The third kappa shape index (κ3) is 5.40. The third-order valence-electron chi connectivity index (χ3n) is 6.60. The molecule has 2 aromatic rings. The van der Waals surface area contributed by atoms with E-state index in [1.54, 1.807) is 6.07 Å². The number of hydrogen-bond donors (Lipinski definition) is 2. The third-order valence-corrected chi connectivity index (χ3v) is 9.84. The highest BCUT2D eigenvalue weighted by atomic mass is 32.2. The molecule has 194 valence electrons. The molecule has 14 heteroatoms. The van der Waals surface area contributed by atoms with Gasteiger partial charge in [0.05, 0.1) is 5.00 Å². The van der Waals surface area contributed by atoms with Gasteiger partial charge in [0.15, 0.2) is 5.60 Å². The second-order valence-electron chi connectivity index (χ2n) is 9.00. The number of aromatic nitrogens is 2. The summed E-state index contributed by atoms with van der Waals surface area (Å²) in [7, 11) is -3.74. The largest absolute Gasteiger partial charge is 0.421 e. The number of anilines is 2. The number of halogens is 3. The highest BCUT2D eigenvalue weighted by Crippen LogP contribution is 2.38. The molecule has 35 heavy (non-hydrogen) atoms. The molecule has 2 aliphatic rings. The van der Waals surface area contributed by atoms with E-state index in [9.17, 15) is 26.7 Å². The number of alkyl halides is 3. The fraction of sp³-hybridized carbons (Fsp3) is 0.619. The first kappa shape index (κ1) is 26.1. The van der Waals surface area contributed by atoms with Crippen molar-refractivity contribution in [3.63, 3.8) is 0 Å². The van der Waals surface area contributed by atoms with Crippen molar-refractivity contribution in [3.05, 3.63) is 30.1 Å². The van der Waals surface area contributed by atoms with Gasteiger partial charge in [-0.15, -0.1) is 11.3 Å². The summed E-state index contributed by atoms with van der Waals surface area (Å²) in [6.07, 6.45) is -0.598. The molecule has 4 rings (SSSR count). The second-order valence-corrected chi connectivity index (χ2v) is 12.3. The van der Waals surface area contributed by atoms with Crippen LogP contribution >= 0.6 is 11.3 Å². The van der Waals surface area contributed by atoms with E-state index in [0.29, 0.717) is 37.5 Å². The highest BCUT2D eigenvalue weighted by molar-refractivity contribution is 7.91. The molecule has 4 heterocycles. The first-order valence-electron chi connectivity index (χ1n) is 11.2. The van der Waals surface area contributed by atoms with Crippen LogP contribution in [0.4, 0.5) is 24.1 Å². The average Bonchev–Trinajstić information content (AvgIpc) is 3.26. The minimum Gasteiger partial charge on any atom is -0.391 e. The van der Waals surface area contributed by atoms with Crippen LogP contribution in [0.25, 0.3) is 0 Å². The predicted octanol–water partition coefficient (Wildman–Crippen LogP) is 2.59. The van der Waals surface area contributed by atoms with Gasteiger partial charge in [0.2, 0.25) is 5.95 Å². The highest BCUT2D eigenvalue weighted by Gasteiger charge is 2.51. The van der Waals surface area contributed by atoms with E-state index in [1.807, 2.05) is 4.90 Å². The predicted molar refractivity (Wildman–Crippen MR) is 124 cm³/mol. The molecule has 0 aromatic carbocycles. The molecule has 0 unspecified atom stereocenters. The second kappa shape index (κ2) is 9.81. The number of nitrogen functional groups attached to an aromatic ring is 1. The average molecular weight is 536 g/mol. The van der Waals surface area contributed by atoms with Gasteiger partial charge in [0.25, 0.3) is 10.0 Å². The van der Waals surface area contributed by atoms with Crippen molar-refractivity contribution in [2.45, 2.75) is 48.2 Å². The van der Waals surface area contributed by atoms with E-state index in [2.05, 4.69) is 9.97 Å². The van der Waals surface area contributed by atoms with Crippen molar-refractivity contribution in [2.24, 2.45) is 5.92 Å². The minimum atomic E-state index is -4.88. The van der Waals surface area contributed by atoms with Crippen molar-refractivity contribution in [2.75, 3.05) is 43.5 Å². The smallest absolute Gasteiger partial charge is 0.391 e. The Labute approximate surface area is 205 Å². The Kier molecular flexibility index (Phi) is 7.31. The number of ether oxygens (including phenoxy) is 1. The van der Waals surface area contributed by atoms with Gasteiger partial charge in [0, 0.05) is 56.8 Å². The van der Waals surface area contributed by atoms with E-state index < -0.39 is 27.4 Å². The number of hydrogen-bond acceptors (Lipinski definition) is 9. The van der Waals surface area contributed by atoms with Crippen molar-refractivity contribution < 1.29 is 31.4 Å². The SMILES string of the molecule is C[C@@](O)(c1cnc(N2CCN(S(=O)(=O)c3ccc(N)s3)C[C@@H]2CC2CCOCC2)nc1)C(F)(F)F. The lowest BCUT2D eigenvalue weighted by molar-refractivity contribution is -0.259. The normalized spacial score (nSPS) is 22.8. The Morgan fingerprint density at radius 3 is 2.43 bits per heavy atom. The topological polar surface area (TPSA) is 122 Å². The minimum absolute atomic E-state index is 0.162. The number of nitrogens with zero attached hydrogens (tertiary/aromatic N) is 4. The van der Waals surface area contributed by atoms with Crippen molar-refractivity contribution in [3.8, 4) is 0 Å². The number of thiophene rings is 1. The molecule has 0 radical (unpaired) electrons. The summed E-state index contributed by atoms with van der Waals surface area (Å²) in [4.78, 5) is 10.1. The van der Waals surface area contributed by atoms with Crippen LogP contribution in [-0.4, -0.2) is 72.9 Å². The van der Waals surface area contributed by atoms with Gasteiger partial charge in [0.1, 0.15) is 4.21 Å². The summed E-state index contributed by atoms with van der Waals surface area (Å²) < 4.78 is 73.0. The molecular weight excluding hydrogens is 507 g/mol. The lowest BCUT2D eigenvalue weighted by atomic mass is 9.91. The Morgan fingerprint density at radius 1 is 1.20 bits per heavy atom. The monoisotopic (exact) mass is 535 g/mol. The van der Waals surface area contributed by atoms with E-state index in [-0.39, 0.29) is 35.8 Å². The van der Waals surface area contributed by atoms with Gasteiger partial charge in [-0.1, -0.05) is 0 Å². The summed E-state index contributed by atoms with van der Waals surface area (Å²) in [5, 5.41) is 10.3. The Bertz CT molecular complexity index is 1120. The summed E-state index contributed by atoms with van der Waals surface area (Å²) in [5.74, 6) is 0.503. The standard InChI is InChI=1S/C21H28F3N5O4S2/c1-20(30,21(22,23)24)15-11-26-19(27-12-15)29-7-6-28(35(31,32)18-3-2-17(25)34-18)13-16(29)10-14-4-8-33-9-5-14/h2-3,11-12,14,16,30H,4-10,13,25H2,1H3/t16-,20+/m0/s1. The van der Waals surface area contributed by atoms with Gasteiger partial charge in [-0.05, 0) is 44.2 Å². The van der Waals surface area contributed by atoms with E-state index >= 15 is 0 Å². The van der Waals surface area contributed by atoms with Crippen molar-refractivity contribution in [1.82, 2.24) is 14.3 Å². The maximum absolute atomic E-state index is 13.2. The van der Waals surface area contributed by atoms with Gasteiger partial charge < -0.3 is 20.5 Å². The molecule has 0 spiro atoms. The van der Waals surface area contributed by atoms with Crippen LogP contribution in [-0.2, 0) is 20.4 Å². The molecule has 0 amide bonds. The van der Waals surface area contributed by atoms with Gasteiger partial charge in [-0.2, -0.15) is 17.5 Å². The van der Waals surface area contributed by atoms with Gasteiger partial charge in [-0.25, -0.2) is 18.4 Å². The summed E-state index contributed by atoms with van der Waals surface area (Å²) >= 11 is 1.01. The molecule has 2 aliphatic heterocycles. The van der Waals surface area contributed by atoms with Crippen LogP contribution in [0, 0.1) is 5.92 Å². The summed E-state index contributed by atoms with van der Waals surface area (Å²) in [6, 6.07) is 2.76. The molecular formula is C21H28F3N5O4S2. The molecule has 2 saturated heterocycles. The van der Waals surface area contributed by atoms with Crippen LogP contribution in [0.15, 0.2) is 28.7 Å². The molecule has 2 atom stereocenters. The molecule has 9 nitrogen and oxygen atoms in total. The first-order chi connectivity index (χ1) is 16.4. The van der Waals surface area contributed by atoms with Crippen molar-refractivity contribution >= 4 is 32.3 Å². The molecule has 0 aliphatic carbocycles. The lowest BCUT2D eigenvalue weighted by Gasteiger charge is -2.42. The summed E-state index contributed by atoms with van der Waals surface area (Å²) in [5.41, 5.74) is 2.19. The Hall–Kier alpha value is -2.00. The van der Waals surface area contributed by atoms with E-state index in [4.69, 9.17) is 10.5 Å². The van der Waals surface area contributed by atoms with E-state index in [0.717, 1.165) is 36.6 Å². The van der Waals surface area contributed by atoms with Crippen molar-refractivity contribution in [1.29, 1.82) is 0 Å². The van der Waals surface area contributed by atoms with Crippen LogP contribution in [0.1, 0.15) is 31.7 Å². The van der Waals surface area contributed by atoms with Gasteiger partial charge in [-0.3, -0.25) is 0 Å². The zero-order valence-corrected chi connectivity index (χ0v) is 20.7. The molecule has 0 bridgehead atoms. The van der Waals surface area contributed by atoms with Crippen LogP contribution < -0.4 is 10.6 Å². The molecule has 3 N–H and O–H groups in total. The number of piperazine rings is 1. The zero-order chi connectivity index (χ0) is 25.4. The quantitative estimate of drug-likeness (QED) is 0.579. The van der Waals surface area contributed by atoms with E-state index in [1.165, 1.54) is 10.4 Å². The lowest BCUT2D eigenvalue weighted by Crippen LogP contribution is -2.56. The maximum atomic E-state index is 13.2. The summed E-state index contributed by atoms with van der Waals surface area (Å²) in [6.45, 7) is 2.53.